The van der Waals surface area contributed by atoms with Gasteiger partial charge in [0.25, 0.3) is 0 Å². The Bertz CT molecular complexity index is 74.6. The summed E-state index contributed by atoms with van der Waals surface area (Å²) in [5, 5.41) is 0. The van der Waals surface area contributed by atoms with Gasteiger partial charge in [-0.2, -0.15) is 0 Å². The summed E-state index contributed by atoms with van der Waals surface area (Å²) in [7, 11) is -7.76. The minimum atomic E-state index is -3.88. The molecule has 0 fully saturated rings. The molecule has 0 amide bonds. The zero-order chi connectivity index (χ0) is 7.15. The van der Waals surface area contributed by atoms with Crippen LogP contribution < -0.4 is 9.59 Å². The predicted octanol–water partition coefficient (Wildman–Crippen LogP) is -2.92. The minimum absolute atomic E-state index is 0. The Morgan fingerprint density at radius 1 is 1.00 bits per heavy atom. The zero-order valence-electron chi connectivity index (χ0n) is 4.10. The first-order valence-corrected chi connectivity index (χ1v) is 3.58. The molecule has 0 aromatic rings. The molecule has 0 aliphatic rings. The van der Waals surface area contributed by atoms with E-state index in [1.165, 1.54) is 0 Å². The molecule has 0 saturated carbocycles. The van der Waals surface area contributed by atoms with E-state index in [1.807, 2.05) is 0 Å². The Balaban J connectivity index is -0.0000000720. The molecule has 0 atom stereocenters. The summed E-state index contributed by atoms with van der Waals surface area (Å²) in [5.41, 5.74) is 0. The van der Waals surface area contributed by atoms with Crippen LogP contribution in [0.15, 0.2) is 0 Å². The van der Waals surface area contributed by atoms with Crippen molar-refractivity contribution >= 4 is 41.6 Å². The molecule has 0 N–H and O–H groups in total. The van der Waals surface area contributed by atoms with E-state index in [9.17, 15) is 8.22 Å². The van der Waals surface area contributed by atoms with Crippen LogP contribution in [0.3, 0.4) is 0 Å². The van der Waals surface area contributed by atoms with Gasteiger partial charge in [-0.05, 0) is 0 Å². The molecule has 0 aromatic carbocycles. The van der Waals surface area contributed by atoms with Crippen molar-refractivity contribution in [3.63, 3.8) is 0 Å². The Morgan fingerprint density at radius 3 is 1.00 bits per heavy atom. The summed E-state index contributed by atoms with van der Waals surface area (Å²) in [5.74, 6) is 0. The molecule has 0 aromatic heterocycles. The van der Waals surface area contributed by atoms with Crippen LogP contribution in [0.1, 0.15) is 0 Å². The number of halogens is 2. The van der Waals surface area contributed by atoms with Crippen LogP contribution in [0.4, 0.5) is 8.22 Å². The predicted molar refractivity (Wildman–Crippen MR) is 20.9 cm³/mol. The fourth-order valence-corrected chi connectivity index (χ4v) is 0. The molecule has 0 aliphatic carbocycles. The van der Waals surface area contributed by atoms with Crippen LogP contribution in [-0.4, -0.2) is 41.6 Å². The molecule has 0 rings (SSSR count). The van der Waals surface area contributed by atoms with Crippen molar-refractivity contribution in [2.75, 3.05) is 0 Å². The summed E-state index contributed by atoms with van der Waals surface area (Å²) in [6, 6.07) is 0. The average molecular weight is 182 g/mol. The van der Waals surface area contributed by atoms with Gasteiger partial charge in [-0.15, -0.1) is 0 Å². The largest absolute Gasteiger partial charge is 2.00 e. The fourth-order valence-electron chi connectivity index (χ4n) is 0. The maximum Gasteiger partial charge on any atom is 2.00 e. The van der Waals surface area contributed by atoms with Gasteiger partial charge in [0, 0.05) is 0 Å². The normalized spacial score (nSPS) is 5.56. The number of rotatable bonds is 0. The fraction of sp³-hybridized carbons (Fsp3) is 0. The SMILES string of the molecule is O=[Si]([O-])F.O=[Si]([O-])F.[Mg+2]. The Hall–Kier alpha value is 0.260. The van der Waals surface area contributed by atoms with Gasteiger partial charge in [-0.3, -0.25) is 8.22 Å². The van der Waals surface area contributed by atoms with Gasteiger partial charge in [0.05, 0.1) is 0 Å². The molecule has 0 aliphatic heterocycles. The van der Waals surface area contributed by atoms with Gasteiger partial charge in [-0.1, -0.05) is 0 Å². The van der Waals surface area contributed by atoms with Crippen LogP contribution in [0.5, 0.6) is 0 Å². The van der Waals surface area contributed by atoms with Crippen molar-refractivity contribution in [2.24, 2.45) is 0 Å². The maximum atomic E-state index is 9.99. The first-order chi connectivity index (χ1) is 3.46. The smallest absolute Gasteiger partial charge is 0.560 e. The quantitative estimate of drug-likeness (QED) is 0.297. The Labute approximate surface area is 68.6 Å². The van der Waals surface area contributed by atoms with Crippen LogP contribution in [0, 0.1) is 0 Å². The molecule has 0 spiro atoms. The van der Waals surface area contributed by atoms with Crippen molar-refractivity contribution in [2.45, 2.75) is 0 Å². The van der Waals surface area contributed by atoms with E-state index in [-0.39, 0.29) is 23.1 Å². The van der Waals surface area contributed by atoms with Crippen LogP contribution in [-0.2, 0) is 8.92 Å². The summed E-state index contributed by atoms with van der Waals surface area (Å²) in [6.45, 7) is 0. The maximum absolute atomic E-state index is 9.99. The molecule has 0 heterocycles. The van der Waals surface area contributed by atoms with Gasteiger partial charge in [-0.25, -0.2) is 0 Å². The summed E-state index contributed by atoms with van der Waals surface area (Å²) in [4.78, 5) is 16.8. The molecule has 9 heavy (non-hydrogen) atoms. The zero-order valence-corrected chi connectivity index (χ0v) is 7.51. The molecule has 9 heteroatoms. The van der Waals surface area contributed by atoms with E-state index in [0.29, 0.717) is 0 Å². The minimum Gasteiger partial charge on any atom is -0.560 e. The van der Waals surface area contributed by atoms with E-state index < -0.39 is 18.5 Å². The summed E-state index contributed by atoms with van der Waals surface area (Å²) in [6.07, 6.45) is 0. The van der Waals surface area contributed by atoms with E-state index >= 15 is 0 Å². The monoisotopic (exact) mass is 182 g/mol. The van der Waals surface area contributed by atoms with E-state index in [4.69, 9.17) is 18.5 Å². The van der Waals surface area contributed by atoms with Crippen LogP contribution in [0.25, 0.3) is 0 Å². The molecule has 4 nitrogen and oxygen atoms in total. The topological polar surface area (TPSA) is 80.3 Å². The summed E-state index contributed by atoms with van der Waals surface area (Å²) < 4.78 is 36.8. The third-order valence-electron chi connectivity index (χ3n) is 0. The standard InChI is InChI=1S/2FO2Si.Mg/c2*1-4(2)3;/q2*-1;+2. The van der Waals surface area contributed by atoms with E-state index in [1.54, 1.807) is 0 Å². The van der Waals surface area contributed by atoms with Gasteiger partial charge >= 0.3 is 41.6 Å². The number of hydrogen-bond donors (Lipinski definition) is 0. The first-order valence-electron chi connectivity index (χ1n) is 1.19. The second-order valence-electron chi connectivity index (χ2n) is 0.475. The first kappa shape index (κ1) is 16.1. The van der Waals surface area contributed by atoms with Gasteiger partial charge in [0.15, 0.2) is 0 Å². The third kappa shape index (κ3) is 4790. The Morgan fingerprint density at radius 2 is 1.00 bits per heavy atom. The van der Waals surface area contributed by atoms with Gasteiger partial charge in [0.2, 0.25) is 0 Å². The molecule has 0 saturated heterocycles. The van der Waals surface area contributed by atoms with E-state index in [0.717, 1.165) is 0 Å². The molecular weight excluding hydrogens is 182 g/mol. The van der Waals surface area contributed by atoms with Crippen molar-refractivity contribution in [1.29, 1.82) is 0 Å². The second-order valence-corrected chi connectivity index (χ2v) is 1.43. The molecular formula is F2MgO4Si2. The van der Waals surface area contributed by atoms with E-state index in [2.05, 4.69) is 0 Å². The molecule has 0 bridgehead atoms. The van der Waals surface area contributed by atoms with Gasteiger partial charge < -0.3 is 18.5 Å². The molecule has 0 radical (unpaired) electrons. The van der Waals surface area contributed by atoms with Gasteiger partial charge in [0.1, 0.15) is 0 Å². The number of hydrogen-bond acceptors (Lipinski definition) is 4. The Kier molecular flexibility index (Phi) is 19.9. The van der Waals surface area contributed by atoms with Crippen molar-refractivity contribution in [3.8, 4) is 0 Å². The van der Waals surface area contributed by atoms with Crippen molar-refractivity contribution in [1.82, 2.24) is 0 Å². The van der Waals surface area contributed by atoms with Crippen LogP contribution >= 0.6 is 0 Å². The third-order valence-corrected chi connectivity index (χ3v) is 0. The average Bonchev–Trinajstić information content (AvgIpc) is 1.25. The molecule has 0 unspecified atom stereocenters. The summed E-state index contributed by atoms with van der Waals surface area (Å²) >= 11 is 0. The van der Waals surface area contributed by atoms with Crippen molar-refractivity contribution < 1.29 is 26.7 Å². The van der Waals surface area contributed by atoms with Crippen LogP contribution in [0.2, 0.25) is 0 Å². The molecule has 48 valence electrons. The second kappa shape index (κ2) is 11.1. The van der Waals surface area contributed by atoms with Crippen molar-refractivity contribution in [3.05, 3.63) is 0 Å².